The number of aliphatic hydroxyl groups is 1. The van der Waals surface area contributed by atoms with Gasteiger partial charge in [-0.25, -0.2) is 4.68 Å². The molecule has 0 radical (unpaired) electrons. The predicted octanol–water partition coefficient (Wildman–Crippen LogP) is 5.33. The second-order valence-electron chi connectivity index (χ2n) is 12.5. The quantitative estimate of drug-likeness (QED) is 0.688. The van der Waals surface area contributed by atoms with Crippen LogP contribution in [0, 0.1) is 47.8 Å². The van der Waals surface area contributed by atoms with Crippen molar-refractivity contribution in [1.82, 2.24) is 15.0 Å². The summed E-state index contributed by atoms with van der Waals surface area (Å²) in [5.74, 6) is 4.29. The van der Waals surface area contributed by atoms with E-state index < -0.39 is 5.60 Å². The maximum absolute atomic E-state index is 13.7. The van der Waals surface area contributed by atoms with Crippen LogP contribution in [0.3, 0.4) is 0 Å². The number of hydrogen-bond donors (Lipinski definition) is 1. The molecule has 178 valence electrons. The van der Waals surface area contributed by atoms with Crippen molar-refractivity contribution in [3.05, 3.63) is 23.8 Å². The molecule has 4 saturated carbocycles. The van der Waals surface area contributed by atoms with E-state index in [2.05, 4.69) is 30.2 Å². The van der Waals surface area contributed by atoms with E-state index in [-0.39, 0.29) is 11.3 Å². The summed E-state index contributed by atoms with van der Waals surface area (Å²) in [4.78, 5) is 13.7. The van der Waals surface area contributed by atoms with Gasteiger partial charge in [0.05, 0.1) is 11.1 Å². The van der Waals surface area contributed by atoms with Gasteiger partial charge in [-0.1, -0.05) is 24.3 Å². The molecule has 8 atom stereocenters. The zero-order chi connectivity index (χ0) is 23.0. The topological polar surface area (TPSA) is 68.0 Å². The second-order valence-corrected chi connectivity index (χ2v) is 12.5. The number of carbonyl (C=O) groups is 1. The molecule has 0 bridgehead atoms. The molecule has 0 amide bonds. The summed E-state index contributed by atoms with van der Waals surface area (Å²) in [7, 11) is 0. The minimum atomic E-state index is -0.452. The highest BCUT2D eigenvalue weighted by atomic mass is 16.3. The van der Waals surface area contributed by atoms with Crippen LogP contribution in [-0.2, 0) is 11.3 Å². The highest BCUT2D eigenvalue weighted by Crippen LogP contribution is 2.64. The Bertz CT molecular complexity index is 1070. The lowest BCUT2D eigenvalue weighted by Gasteiger charge is -2.56. The van der Waals surface area contributed by atoms with Gasteiger partial charge in [0.1, 0.15) is 12.1 Å². The smallest absolute Gasteiger partial charge is 0.157 e. The Morgan fingerprint density at radius 1 is 1.06 bits per heavy atom. The number of aromatic nitrogens is 3. The number of nitrogens with zero attached hydrogens (tertiary/aromatic N) is 3. The Morgan fingerprint density at radius 2 is 1.88 bits per heavy atom. The van der Waals surface area contributed by atoms with E-state index in [4.69, 9.17) is 0 Å². The lowest BCUT2D eigenvalue weighted by molar-refractivity contribution is -0.133. The SMILES string of the molecule is Cc1cccc2nnn(CC(=O)C3CCC4C5CCC6CC(C)(O)CCC6C5CCC34C)c12. The third kappa shape index (κ3) is 3.40. The van der Waals surface area contributed by atoms with E-state index in [9.17, 15) is 9.90 Å². The van der Waals surface area contributed by atoms with Gasteiger partial charge in [-0.05, 0) is 118 Å². The van der Waals surface area contributed by atoms with Crippen LogP contribution >= 0.6 is 0 Å². The van der Waals surface area contributed by atoms with Crippen molar-refractivity contribution in [2.45, 2.75) is 90.7 Å². The Hall–Kier alpha value is -1.75. The number of carbonyl (C=O) groups excluding carboxylic acids is 1. The third-order valence-corrected chi connectivity index (χ3v) is 10.7. The molecule has 0 spiro atoms. The van der Waals surface area contributed by atoms with Crippen LogP contribution in [-0.4, -0.2) is 31.5 Å². The van der Waals surface area contributed by atoms with Crippen LogP contribution in [0.25, 0.3) is 11.0 Å². The Labute approximate surface area is 197 Å². The zero-order valence-corrected chi connectivity index (χ0v) is 20.5. The number of hydrogen-bond acceptors (Lipinski definition) is 4. The Balaban J connectivity index is 1.21. The van der Waals surface area contributed by atoms with Crippen LogP contribution in [0.4, 0.5) is 0 Å². The summed E-state index contributed by atoms with van der Waals surface area (Å²) in [5, 5.41) is 19.3. The molecule has 1 aromatic heterocycles. The molecule has 33 heavy (non-hydrogen) atoms. The van der Waals surface area contributed by atoms with Crippen molar-refractivity contribution < 1.29 is 9.90 Å². The van der Waals surface area contributed by atoms with Gasteiger partial charge >= 0.3 is 0 Å². The summed E-state index contributed by atoms with van der Waals surface area (Å²) in [6.07, 6.45) is 10.4. The summed E-state index contributed by atoms with van der Waals surface area (Å²) >= 11 is 0. The first-order valence-corrected chi connectivity index (χ1v) is 13.3. The molecule has 1 N–H and O–H groups in total. The minimum absolute atomic E-state index is 0.136. The first-order valence-electron chi connectivity index (χ1n) is 13.3. The van der Waals surface area contributed by atoms with Crippen molar-refractivity contribution in [3.8, 4) is 0 Å². The Morgan fingerprint density at radius 3 is 2.73 bits per heavy atom. The average Bonchev–Trinajstić information content (AvgIpc) is 3.34. The first kappa shape index (κ1) is 21.8. The summed E-state index contributed by atoms with van der Waals surface area (Å²) in [5.41, 5.74) is 2.69. The van der Waals surface area contributed by atoms with E-state index in [0.29, 0.717) is 24.2 Å². The monoisotopic (exact) mass is 449 g/mol. The molecule has 1 aromatic carbocycles. The minimum Gasteiger partial charge on any atom is -0.390 e. The van der Waals surface area contributed by atoms with Crippen molar-refractivity contribution in [1.29, 1.82) is 0 Å². The molecule has 0 saturated heterocycles. The van der Waals surface area contributed by atoms with Gasteiger partial charge in [0.2, 0.25) is 0 Å². The van der Waals surface area contributed by atoms with Gasteiger partial charge in [-0.15, -0.1) is 5.10 Å². The predicted molar refractivity (Wildman–Crippen MR) is 128 cm³/mol. The standard InChI is InChI=1S/C28H39N3O2/c1-17-5-4-6-24-26(17)31(30-29-24)16-25(32)23-10-9-22-21-8-7-18-15-27(2,33)13-11-19(18)20(21)12-14-28(22,23)3/h4-6,18-23,33H,7-16H2,1-3H3. The van der Waals surface area contributed by atoms with Crippen LogP contribution in [0.1, 0.15) is 77.2 Å². The number of aryl methyl sites for hydroxylation is 1. The molecule has 2 aromatic rings. The highest BCUT2D eigenvalue weighted by Gasteiger charge is 2.58. The average molecular weight is 450 g/mol. The van der Waals surface area contributed by atoms with Gasteiger partial charge in [-0.3, -0.25) is 4.79 Å². The van der Waals surface area contributed by atoms with Gasteiger partial charge in [0.15, 0.2) is 5.78 Å². The lowest BCUT2D eigenvalue weighted by Crippen LogP contribution is -2.51. The summed E-state index contributed by atoms with van der Waals surface area (Å²) in [6.45, 7) is 6.90. The summed E-state index contributed by atoms with van der Waals surface area (Å²) < 4.78 is 1.84. The molecule has 5 nitrogen and oxygen atoms in total. The molecule has 1 heterocycles. The molecule has 0 aliphatic heterocycles. The number of para-hydroxylation sites is 1. The first-order chi connectivity index (χ1) is 15.8. The molecule has 4 aliphatic carbocycles. The highest BCUT2D eigenvalue weighted by molar-refractivity contribution is 5.85. The maximum Gasteiger partial charge on any atom is 0.157 e. The van der Waals surface area contributed by atoms with Crippen molar-refractivity contribution in [2.75, 3.05) is 0 Å². The normalized spacial score (nSPS) is 42.5. The van der Waals surface area contributed by atoms with E-state index in [1.807, 2.05) is 23.7 Å². The summed E-state index contributed by atoms with van der Waals surface area (Å²) in [6, 6.07) is 6.05. The molecule has 4 fully saturated rings. The lowest BCUT2D eigenvalue weighted by atomic mass is 9.49. The fourth-order valence-corrected chi connectivity index (χ4v) is 9.19. The number of fused-ring (bicyclic) bond motifs is 6. The zero-order valence-electron chi connectivity index (χ0n) is 20.5. The third-order valence-electron chi connectivity index (χ3n) is 10.7. The Kier molecular flexibility index (Phi) is 5.03. The van der Waals surface area contributed by atoms with E-state index in [1.54, 1.807) is 0 Å². The number of ketones is 1. The number of rotatable bonds is 3. The second kappa shape index (κ2) is 7.63. The molecule has 5 heteroatoms. The number of Topliss-reactive ketones (excluding diaryl/α,β-unsaturated/α-hetero) is 1. The molecular formula is C28H39N3O2. The maximum atomic E-state index is 13.7. The fraction of sp³-hybridized carbons (Fsp3) is 0.750. The van der Waals surface area contributed by atoms with E-state index >= 15 is 0 Å². The van der Waals surface area contributed by atoms with Crippen molar-refractivity contribution >= 4 is 16.8 Å². The molecule has 6 rings (SSSR count). The van der Waals surface area contributed by atoms with Crippen LogP contribution in [0.15, 0.2) is 18.2 Å². The van der Waals surface area contributed by atoms with Gasteiger partial charge < -0.3 is 5.11 Å². The van der Waals surface area contributed by atoms with Crippen LogP contribution in [0.2, 0.25) is 0 Å². The van der Waals surface area contributed by atoms with Crippen molar-refractivity contribution in [2.24, 2.45) is 40.9 Å². The molecule has 4 aliphatic rings. The van der Waals surface area contributed by atoms with Crippen LogP contribution < -0.4 is 0 Å². The number of benzene rings is 1. The largest absolute Gasteiger partial charge is 0.390 e. The van der Waals surface area contributed by atoms with Gasteiger partial charge in [0, 0.05) is 5.92 Å². The molecule has 8 unspecified atom stereocenters. The van der Waals surface area contributed by atoms with Gasteiger partial charge in [0.25, 0.3) is 0 Å². The fourth-order valence-electron chi connectivity index (χ4n) is 9.19. The van der Waals surface area contributed by atoms with Gasteiger partial charge in [-0.2, -0.15) is 0 Å². The van der Waals surface area contributed by atoms with Crippen LogP contribution in [0.5, 0.6) is 0 Å². The van der Waals surface area contributed by atoms with E-state index in [0.717, 1.165) is 53.6 Å². The molecular weight excluding hydrogens is 410 g/mol. The van der Waals surface area contributed by atoms with E-state index in [1.165, 1.54) is 38.5 Å². The van der Waals surface area contributed by atoms with Crippen molar-refractivity contribution in [3.63, 3.8) is 0 Å².